The molecule has 1 aliphatic heterocycles. The Hall–Kier alpha value is -0.980. The van der Waals surface area contributed by atoms with Crippen LogP contribution in [0.2, 0.25) is 0 Å². The quantitative estimate of drug-likeness (QED) is 0.590. The van der Waals surface area contributed by atoms with E-state index in [4.69, 9.17) is 28.3 Å². The zero-order valence-corrected chi connectivity index (χ0v) is 7.80. The average molecular weight is 225 g/mol. The summed E-state index contributed by atoms with van der Waals surface area (Å²) < 4.78 is 0. The van der Waals surface area contributed by atoms with Crippen LogP contribution in [0, 0.1) is 0 Å². The van der Waals surface area contributed by atoms with Gasteiger partial charge in [0.2, 0.25) is 0 Å². The molecule has 0 aliphatic carbocycles. The molecule has 0 radical (unpaired) electrons. The second-order valence-electron chi connectivity index (χ2n) is 2.07. The standard InChI is InChI=1S/C5H6Cl2N4O2/c6-3-1-4(7)10-11(9-3)8-2-5(12)13/h1,8-9H,2H2,(H,12,13). The van der Waals surface area contributed by atoms with E-state index >= 15 is 0 Å². The van der Waals surface area contributed by atoms with Crippen LogP contribution in [0.15, 0.2) is 16.3 Å². The minimum absolute atomic E-state index is 0.154. The summed E-state index contributed by atoms with van der Waals surface area (Å²) in [6, 6.07) is 0. The van der Waals surface area contributed by atoms with Crippen LogP contribution in [0.3, 0.4) is 0 Å². The van der Waals surface area contributed by atoms with Crippen LogP contribution in [0.25, 0.3) is 0 Å². The first-order chi connectivity index (χ1) is 6.08. The lowest BCUT2D eigenvalue weighted by molar-refractivity contribution is -0.137. The number of rotatable bonds is 3. The number of hydrazone groups is 1. The van der Waals surface area contributed by atoms with Crippen molar-refractivity contribution < 1.29 is 9.90 Å². The van der Waals surface area contributed by atoms with Crippen molar-refractivity contribution in [3.63, 3.8) is 0 Å². The topological polar surface area (TPSA) is 77.0 Å². The van der Waals surface area contributed by atoms with Crippen molar-refractivity contribution in [3.8, 4) is 0 Å². The summed E-state index contributed by atoms with van der Waals surface area (Å²) in [4.78, 5) is 10.2. The highest BCUT2D eigenvalue weighted by Crippen LogP contribution is 2.05. The maximum atomic E-state index is 10.2. The Balaban J connectivity index is 2.46. The van der Waals surface area contributed by atoms with Gasteiger partial charge in [-0.25, -0.2) is 0 Å². The molecule has 13 heavy (non-hydrogen) atoms. The number of nitrogens with one attached hydrogen (secondary N) is 2. The molecule has 0 saturated carbocycles. The van der Waals surface area contributed by atoms with Crippen LogP contribution >= 0.6 is 23.2 Å². The second kappa shape index (κ2) is 4.31. The number of hydrogen-bond donors (Lipinski definition) is 3. The predicted octanol–water partition coefficient (Wildman–Crippen LogP) is 0.0283. The van der Waals surface area contributed by atoms with Gasteiger partial charge in [-0.15, -0.1) is 10.3 Å². The number of aliphatic carboxylic acids is 1. The molecule has 72 valence electrons. The first kappa shape index (κ1) is 10.1. The first-order valence-electron chi connectivity index (χ1n) is 3.21. The van der Waals surface area contributed by atoms with Crippen molar-refractivity contribution in [1.29, 1.82) is 0 Å². The van der Waals surface area contributed by atoms with Gasteiger partial charge in [0.15, 0.2) is 5.17 Å². The Morgan fingerprint density at radius 3 is 3.00 bits per heavy atom. The molecule has 3 N–H and O–H groups in total. The third-order valence-electron chi connectivity index (χ3n) is 1.03. The summed E-state index contributed by atoms with van der Waals surface area (Å²) in [5, 5.41) is 13.4. The molecule has 1 aliphatic rings. The number of carboxylic acids is 1. The number of carboxylic acid groups (broad SMARTS) is 1. The van der Waals surface area contributed by atoms with Crippen molar-refractivity contribution in [2.75, 3.05) is 6.54 Å². The van der Waals surface area contributed by atoms with E-state index in [2.05, 4.69) is 16.0 Å². The van der Waals surface area contributed by atoms with Crippen LogP contribution in [0.1, 0.15) is 0 Å². The molecule has 0 spiro atoms. The van der Waals surface area contributed by atoms with Crippen molar-refractivity contribution >= 4 is 34.3 Å². The van der Waals surface area contributed by atoms with Crippen molar-refractivity contribution in [3.05, 3.63) is 11.2 Å². The molecule has 8 heteroatoms. The maximum absolute atomic E-state index is 10.2. The smallest absolute Gasteiger partial charge is 0.319 e. The highest BCUT2D eigenvalue weighted by molar-refractivity contribution is 6.69. The lowest BCUT2D eigenvalue weighted by Gasteiger charge is -2.22. The van der Waals surface area contributed by atoms with E-state index in [1.807, 2.05) is 0 Å². The highest BCUT2D eigenvalue weighted by atomic mass is 35.5. The van der Waals surface area contributed by atoms with E-state index < -0.39 is 5.97 Å². The second-order valence-corrected chi connectivity index (χ2v) is 2.86. The molecule has 1 heterocycles. The molecule has 0 aromatic heterocycles. The lowest BCUT2D eigenvalue weighted by Crippen LogP contribution is -2.46. The van der Waals surface area contributed by atoms with Gasteiger partial charge in [-0.05, 0) is 0 Å². The van der Waals surface area contributed by atoms with E-state index in [0.717, 1.165) is 5.23 Å². The van der Waals surface area contributed by atoms with Crippen LogP contribution in [-0.4, -0.2) is 28.0 Å². The minimum Gasteiger partial charge on any atom is -0.480 e. The first-order valence-corrected chi connectivity index (χ1v) is 3.97. The number of halogens is 2. The number of nitrogens with zero attached hydrogens (tertiary/aromatic N) is 2. The van der Waals surface area contributed by atoms with E-state index in [1.165, 1.54) is 6.08 Å². The van der Waals surface area contributed by atoms with Crippen molar-refractivity contribution in [2.45, 2.75) is 0 Å². The summed E-state index contributed by atoms with van der Waals surface area (Å²) in [6.45, 7) is -0.287. The Bertz CT molecular complexity index is 278. The minimum atomic E-state index is -1.02. The molecule has 0 bridgehead atoms. The Kier molecular flexibility index (Phi) is 3.35. The SMILES string of the molecule is O=C(O)CNN1N=C(Cl)C=C(Cl)N1. The molecule has 0 unspecified atom stereocenters. The average Bonchev–Trinajstić information content (AvgIpc) is 1.99. The fraction of sp³-hybridized carbons (Fsp3) is 0.200. The molecule has 0 aromatic carbocycles. The maximum Gasteiger partial charge on any atom is 0.319 e. The van der Waals surface area contributed by atoms with Gasteiger partial charge in [-0.3, -0.25) is 10.2 Å². The largest absolute Gasteiger partial charge is 0.480 e. The summed E-state index contributed by atoms with van der Waals surface area (Å²) in [6.07, 6.45) is 1.39. The fourth-order valence-corrected chi connectivity index (χ4v) is 1.03. The van der Waals surface area contributed by atoms with E-state index in [0.29, 0.717) is 0 Å². The summed E-state index contributed by atoms with van der Waals surface area (Å²) >= 11 is 11.1. The zero-order valence-electron chi connectivity index (χ0n) is 6.29. The molecular weight excluding hydrogens is 219 g/mol. The summed E-state index contributed by atoms with van der Waals surface area (Å²) in [5.74, 6) is -1.02. The number of hydrogen-bond acceptors (Lipinski definition) is 5. The third-order valence-corrected chi connectivity index (χ3v) is 1.41. The van der Waals surface area contributed by atoms with Gasteiger partial charge < -0.3 is 5.11 Å². The summed E-state index contributed by atoms with van der Waals surface area (Å²) in [5.41, 5.74) is 4.92. The monoisotopic (exact) mass is 224 g/mol. The van der Waals surface area contributed by atoms with E-state index in [-0.39, 0.29) is 16.9 Å². The van der Waals surface area contributed by atoms with Crippen molar-refractivity contribution in [1.82, 2.24) is 16.1 Å². The molecule has 0 amide bonds. The van der Waals surface area contributed by atoms with Gasteiger partial charge in [-0.1, -0.05) is 23.2 Å². The molecule has 0 fully saturated rings. The van der Waals surface area contributed by atoms with Gasteiger partial charge >= 0.3 is 5.97 Å². The highest BCUT2D eigenvalue weighted by Gasteiger charge is 2.10. The molecule has 6 nitrogen and oxygen atoms in total. The molecule has 0 saturated heterocycles. The normalized spacial score (nSPS) is 16.0. The Labute approximate surface area is 83.7 Å². The Morgan fingerprint density at radius 2 is 2.46 bits per heavy atom. The van der Waals surface area contributed by atoms with Gasteiger partial charge in [0, 0.05) is 6.08 Å². The number of carbonyl (C=O) groups is 1. The van der Waals surface area contributed by atoms with Crippen molar-refractivity contribution in [2.24, 2.45) is 5.10 Å². The van der Waals surface area contributed by atoms with E-state index in [1.54, 1.807) is 0 Å². The zero-order chi connectivity index (χ0) is 9.84. The van der Waals surface area contributed by atoms with Crippen LogP contribution in [-0.2, 0) is 4.79 Å². The van der Waals surface area contributed by atoms with Gasteiger partial charge in [-0.2, -0.15) is 5.43 Å². The van der Waals surface area contributed by atoms with Gasteiger partial charge in [0.25, 0.3) is 0 Å². The van der Waals surface area contributed by atoms with Crippen LogP contribution < -0.4 is 10.9 Å². The molecule has 0 atom stereocenters. The number of hydrazine groups is 2. The fourth-order valence-electron chi connectivity index (χ4n) is 0.605. The Morgan fingerprint density at radius 1 is 1.77 bits per heavy atom. The molecule has 1 rings (SSSR count). The van der Waals surface area contributed by atoms with Gasteiger partial charge in [0.1, 0.15) is 11.7 Å². The van der Waals surface area contributed by atoms with E-state index in [9.17, 15) is 4.79 Å². The van der Waals surface area contributed by atoms with Gasteiger partial charge in [0.05, 0.1) is 0 Å². The number of allylic oxidation sites excluding steroid dienone is 1. The lowest BCUT2D eigenvalue weighted by atomic mass is 10.6. The van der Waals surface area contributed by atoms with Crippen LogP contribution in [0.5, 0.6) is 0 Å². The third kappa shape index (κ3) is 3.49. The molecule has 0 aromatic rings. The predicted molar refractivity (Wildman–Crippen MR) is 47.8 cm³/mol. The summed E-state index contributed by atoms with van der Waals surface area (Å²) in [7, 11) is 0. The molecular formula is C5H6Cl2N4O2. The van der Waals surface area contributed by atoms with Crippen LogP contribution in [0.4, 0.5) is 0 Å².